The molecule has 0 spiro atoms. The Balaban J connectivity index is 1.40. The summed E-state index contributed by atoms with van der Waals surface area (Å²) >= 11 is 0. The van der Waals surface area contributed by atoms with E-state index >= 15 is 0 Å². The van der Waals surface area contributed by atoms with Gasteiger partial charge in [0.15, 0.2) is 25.0 Å². The maximum absolute atomic E-state index is 11.5. The number of rotatable bonds is 15. The predicted octanol–water partition coefficient (Wildman–Crippen LogP) is -6.85. The normalized spacial score (nSPS) is 45.8. The van der Waals surface area contributed by atoms with Crippen LogP contribution >= 0.6 is 0 Å². The molecule has 0 amide bonds. The van der Waals surface area contributed by atoms with Gasteiger partial charge in [0, 0.05) is 6.54 Å². The van der Waals surface area contributed by atoms with Crippen molar-refractivity contribution in [3.63, 3.8) is 0 Å². The van der Waals surface area contributed by atoms with Gasteiger partial charge in [-0.3, -0.25) is 5.41 Å². The lowest BCUT2D eigenvalue weighted by Crippen LogP contribution is -2.66. The Kier molecular flexibility index (Phi) is 16.5. The number of unbranched alkanes of at least 4 members (excludes halogenated alkanes) is 2. The summed E-state index contributed by atoms with van der Waals surface area (Å²) in [7, 11) is 0. The number of carbonyl (C=O) groups is 1. The minimum Gasteiger partial charge on any atom is -0.479 e. The molecular formula is C31H54N2O21. The first kappa shape index (κ1) is 44.7. The zero-order chi connectivity index (χ0) is 40.0. The van der Waals surface area contributed by atoms with Gasteiger partial charge in [-0.25, -0.2) is 4.79 Å². The molecule has 314 valence electrons. The molecule has 4 saturated heterocycles. The van der Waals surface area contributed by atoms with Gasteiger partial charge in [-0.1, -0.05) is 19.8 Å². The first-order valence-corrected chi connectivity index (χ1v) is 17.7. The molecule has 4 rings (SSSR count). The van der Waals surface area contributed by atoms with Gasteiger partial charge < -0.3 is 104 Å². The van der Waals surface area contributed by atoms with E-state index < -0.39 is 148 Å². The molecule has 0 aromatic rings. The lowest BCUT2D eigenvalue weighted by Gasteiger charge is -2.47. The zero-order valence-corrected chi connectivity index (χ0v) is 29.5. The Morgan fingerprint density at radius 3 is 1.81 bits per heavy atom. The van der Waals surface area contributed by atoms with Crippen LogP contribution in [0.4, 0.5) is 0 Å². The Morgan fingerprint density at radius 1 is 0.648 bits per heavy atom. The molecule has 0 aromatic carbocycles. The van der Waals surface area contributed by atoms with Crippen molar-refractivity contribution < 1.29 is 104 Å². The highest BCUT2D eigenvalue weighted by Gasteiger charge is 2.54. The zero-order valence-electron chi connectivity index (χ0n) is 29.5. The topological polar surface area (TPSA) is 370 Å². The fraction of sp³-hybridized carbons (Fsp3) is 0.935. The number of hydrogen-bond donors (Lipinski definition) is 14. The van der Waals surface area contributed by atoms with E-state index in [4.69, 9.17) is 43.3 Å². The molecule has 4 aliphatic heterocycles. The molecule has 20 unspecified atom stereocenters. The molecule has 54 heavy (non-hydrogen) atoms. The van der Waals surface area contributed by atoms with Gasteiger partial charge in [-0.15, -0.1) is 0 Å². The number of aliphatic hydroxyl groups is 11. The van der Waals surface area contributed by atoms with E-state index in [2.05, 4.69) is 5.32 Å². The molecule has 23 heteroatoms. The Hall–Kier alpha value is -1.98. The van der Waals surface area contributed by atoms with Crippen LogP contribution in [-0.4, -0.2) is 222 Å². The van der Waals surface area contributed by atoms with Crippen molar-refractivity contribution in [1.29, 1.82) is 5.41 Å². The molecule has 23 nitrogen and oxygen atoms in total. The summed E-state index contributed by atoms with van der Waals surface area (Å²) in [6.07, 6.45) is -32.3. The third-order valence-electron chi connectivity index (χ3n) is 9.69. The minimum atomic E-state index is -2.03. The summed E-state index contributed by atoms with van der Waals surface area (Å²) in [5.74, 6) is -1.69. The second kappa shape index (κ2) is 19.9. The number of hydrogen-bond acceptors (Lipinski definition) is 21. The summed E-state index contributed by atoms with van der Waals surface area (Å²) in [6, 6.07) is -0.333. The Morgan fingerprint density at radius 2 is 1.20 bits per heavy atom. The third kappa shape index (κ3) is 10.3. The predicted molar refractivity (Wildman–Crippen MR) is 172 cm³/mol. The van der Waals surface area contributed by atoms with Crippen LogP contribution in [-0.2, 0) is 42.7 Å². The number of aliphatic hydroxyl groups excluding tert-OH is 11. The first-order valence-electron chi connectivity index (χ1n) is 17.7. The summed E-state index contributed by atoms with van der Waals surface area (Å²) in [4.78, 5) is 11.5. The second-order valence-corrected chi connectivity index (χ2v) is 13.6. The van der Waals surface area contributed by atoms with Crippen molar-refractivity contribution >= 4 is 12.0 Å². The standard InChI is InChI=1S/C31H54N2O21/c1-3-4-5-6-33-31(32)48-9-12-15(36)18(39)21(42)29(51-12)53-25-16(37)11(7-34)50-28(23(25)44)47-8-13-17(38)24(14(35)10(2)49-13)52-30-22(43)19(40)20(41)26(54-30)27(45)46/h10-26,28-30,34-44H,3-9H2,1-2H3,(H2,32,33)(H,45,46). The van der Waals surface area contributed by atoms with Crippen LogP contribution in [0.5, 0.6) is 0 Å². The maximum Gasteiger partial charge on any atom is 0.335 e. The van der Waals surface area contributed by atoms with Gasteiger partial charge in [-0.05, 0) is 13.3 Å². The van der Waals surface area contributed by atoms with Gasteiger partial charge in [-0.2, -0.15) is 0 Å². The van der Waals surface area contributed by atoms with Crippen molar-refractivity contribution in [2.24, 2.45) is 0 Å². The SMILES string of the molecule is CCCCCNC(=N)OCC1OC(OC2C(O)C(CO)OC(OCC3OC(C)C(O)C(OC4OC(C(=O)O)C(O)C(O)C4O)C3O)C2O)C(O)C(O)C1O. The van der Waals surface area contributed by atoms with E-state index in [-0.39, 0.29) is 6.02 Å². The van der Waals surface area contributed by atoms with E-state index in [9.17, 15) is 66.1 Å². The summed E-state index contributed by atoms with van der Waals surface area (Å²) in [5.41, 5.74) is 0. The molecule has 4 heterocycles. The molecule has 0 radical (unpaired) electrons. The van der Waals surface area contributed by atoms with E-state index in [0.717, 1.165) is 19.3 Å². The summed E-state index contributed by atoms with van der Waals surface area (Å²) < 4.78 is 44.0. The molecule has 20 atom stereocenters. The van der Waals surface area contributed by atoms with Gasteiger partial charge in [0.1, 0.15) is 98.2 Å². The Labute approximate surface area is 309 Å². The van der Waals surface area contributed by atoms with Crippen LogP contribution < -0.4 is 5.32 Å². The summed E-state index contributed by atoms with van der Waals surface area (Å²) in [5, 5.41) is 136. The van der Waals surface area contributed by atoms with E-state index in [1.54, 1.807) is 0 Å². The van der Waals surface area contributed by atoms with Crippen molar-refractivity contribution in [2.45, 2.75) is 156 Å². The number of amidine groups is 1. The van der Waals surface area contributed by atoms with Crippen LogP contribution in [0.15, 0.2) is 0 Å². The number of carboxylic acids is 1. The van der Waals surface area contributed by atoms with Gasteiger partial charge in [0.25, 0.3) is 6.02 Å². The van der Waals surface area contributed by atoms with Crippen molar-refractivity contribution in [2.75, 3.05) is 26.4 Å². The quantitative estimate of drug-likeness (QED) is 0.0416. The highest BCUT2D eigenvalue weighted by atomic mass is 16.7. The van der Waals surface area contributed by atoms with Crippen LogP contribution in [0, 0.1) is 5.41 Å². The first-order chi connectivity index (χ1) is 25.5. The number of carboxylic acid groups (broad SMARTS) is 1. The lowest BCUT2D eigenvalue weighted by molar-refractivity contribution is -0.364. The number of nitrogens with one attached hydrogen (secondary N) is 2. The second-order valence-electron chi connectivity index (χ2n) is 13.6. The fourth-order valence-corrected chi connectivity index (χ4v) is 6.39. The average molecular weight is 791 g/mol. The van der Waals surface area contributed by atoms with E-state index in [1.807, 2.05) is 6.92 Å². The number of aliphatic carboxylic acids is 1. The maximum atomic E-state index is 11.5. The van der Waals surface area contributed by atoms with Crippen molar-refractivity contribution in [1.82, 2.24) is 5.32 Å². The largest absolute Gasteiger partial charge is 0.479 e. The van der Waals surface area contributed by atoms with Crippen molar-refractivity contribution in [3.05, 3.63) is 0 Å². The monoisotopic (exact) mass is 790 g/mol. The Bertz CT molecular complexity index is 1190. The van der Waals surface area contributed by atoms with Crippen molar-refractivity contribution in [3.8, 4) is 0 Å². The molecule has 0 bridgehead atoms. The molecule has 0 saturated carbocycles. The molecule has 14 N–H and O–H groups in total. The molecular weight excluding hydrogens is 736 g/mol. The minimum absolute atomic E-state index is 0.333. The van der Waals surface area contributed by atoms with Crippen LogP contribution in [0.2, 0.25) is 0 Å². The number of ether oxygens (including phenoxy) is 8. The highest BCUT2D eigenvalue weighted by molar-refractivity contribution is 5.73. The molecule has 0 aromatic heterocycles. The highest BCUT2D eigenvalue weighted by Crippen LogP contribution is 2.32. The van der Waals surface area contributed by atoms with Gasteiger partial charge in [0.2, 0.25) is 0 Å². The molecule has 4 fully saturated rings. The lowest BCUT2D eigenvalue weighted by atomic mass is 9.94. The fourth-order valence-electron chi connectivity index (χ4n) is 6.39. The average Bonchev–Trinajstić information content (AvgIpc) is 3.14. The van der Waals surface area contributed by atoms with Crippen LogP contribution in [0.25, 0.3) is 0 Å². The van der Waals surface area contributed by atoms with E-state index in [0.29, 0.717) is 6.54 Å². The smallest absolute Gasteiger partial charge is 0.335 e. The van der Waals surface area contributed by atoms with Gasteiger partial charge >= 0.3 is 5.97 Å². The molecule has 4 aliphatic rings. The van der Waals surface area contributed by atoms with E-state index in [1.165, 1.54) is 6.92 Å². The summed E-state index contributed by atoms with van der Waals surface area (Å²) in [6.45, 7) is 1.90. The van der Waals surface area contributed by atoms with Crippen LogP contribution in [0.1, 0.15) is 33.1 Å². The third-order valence-corrected chi connectivity index (χ3v) is 9.69. The molecule has 0 aliphatic carbocycles. The van der Waals surface area contributed by atoms with Crippen LogP contribution in [0.3, 0.4) is 0 Å². The van der Waals surface area contributed by atoms with Gasteiger partial charge in [0.05, 0.1) is 19.3 Å².